The zero-order valence-corrected chi connectivity index (χ0v) is 39.9. The van der Waals surface area contributed by atoms with Crippen LogP contribution in [-0.4, -0.2) is 31.2 Å². The average Bonchev–Trinajstić information content (AvgIpc) is 3.95. The summed E-state index contributed by atoms with van der Waals surface area (Å²) >= 11 is 0. The van der Waals surface area contributed by atoms with Crippen LogP contribution >= 0.6 is 0 Å². The van der Waals surface area contributed by atoms with Gasteiger partial charge in [0.1, 0.15) is 17.3 Å². The molecule has 8 heteroatoms. The van der Waals surface area contributed by atoms with E-state index in [0.29, 0.717) is 35.6 Å². The molecule has 6 aromatic carbocycles. The number of rotatable bonds is 8. The van der Waals surface area contributed by atoms with Gasteiger partial charge in [-0.1, -0.05) is 153 Å². The van der Waals surface area contributed by atoms with Crippen molar-refractivity contribution in [2.45, 2.75) is 78.6 Å². The van der Waals surface area contributed by atoms with E-state index < -0.39 is 0 Å². The Morgan fingerprint density at radius 3 is 1.60 bits per heavy atom. The maximum Gasteiger partial charge on any atom is 0.167 e. The van der Waals surface area contributed by atoms with Crippen molar-refractivity contribution in [3.8, 4) is 51.5 Å². The Morgan fingerprint density at radius 1 is 0.463 bits per heavy atom. The lowest BCUT2D eigenvalue weighted by molar-refractivity contribution is 0.484. The van der Waals surface area contributed by atoms with E-state index in [1.165, 1.54) is 16.7 Å². The number of aromatic nitrogens is 5. The Labute approximate surface area is 394 Å². The summed E-state index contributed by atoms with van der Waals surface area (Å²) in [5.74, 6) is 3.79. The van der Waals surface area contributed by atoms with E-state index >= 15 is 0 Å². The third-order valence-electron chi connectivity index (χ3n) is 12.7. The minimum Gasteiger partial charge on any atom is -0.456 e. The van der Waals surface area contributed by atoms with Crippen LogP contribution in [-0.2, 0) is 16.2 Å². The first-order chi connectivity index (χ1) is 32.1. The van der Waals surface area contributed by atoms with E-state index in [4.69, 9.17) is 24.7 Å². The highest BCUT2D eigenvalue weighted by Gasteiger charge is 2.24. The third-order valence-corrected chi connectivity index (χ3v) is 12.7. The zero-order chi connectivity index (χ0) is 46.7. The van der Waals surface area contributed by atoms with E-state index in [-0.39, 0.29) is 16.2 Å². The van der Waals surface area contributed by atoms with Crippen molar-refractivity contribution in [3.63, 3.8) is 0 Å². The standard InChI is InChI=1S/C59H57N7O/c1-57(2,3)41-24-20-39(21-25-41)54-61-55(40-22-26-42(27-23-40)58(4,5)6)63-56(62-54)49-36-48-47-17-10-11-18-50(47)66(53-19-12-13-32-60-53)51(48)37-52(49)67-46-16-14-15-45(35-46)65-34-33-64(38-65)44-30-28-43(29-31-44)59(7,8)9/h10-37H,38H2,1-9H3. The van der Waals surface area contributed by atoms with Crippen LogP contribution in [0.2, 0.25) is 0 Å². The molecule has 1 aliphatic rings. The van der Waals surface area contributed by atoms with Crippen molar-refractivity contribution in [2.75, 3.05) is 16.5 Å². The van der Waals surface area contributed by atoms with Gasteiger partial charge in [0, 0.05) is 64.0 Å². The SMILES string of the molecule is CC(C)(C)c1ccc(-c2nc(-c3ccc(C(C)(C)C)cc3)nc(-c3cc4c5ccccc5n(-c5ccccn5)c4cc3Oc3cccc(N4C=CN(c5ccc(C(C)(C)C)cc5)C4)c3)n2)cc1. The zero-order valence-electron chi connectivity index (χ0n) is 39.9. The highest BCUT2D eigenvalue weighted by molar-refractivity contribution is 6.11. The number of pyridine rings is 1. The number of hydrogen-bond acceptors (Lipinski definition) is 7. The topological polar surface area (TPSA) is 72.2 Å². The minimum absolute atomic E-state index is 0.00102. The number of nitrogens with zero attached hydrogens (tertiary/aromatic N) is 7. The van der Waals surface area contributed by atoms with Crippen LogP contribution in [0.1, 0.15) is 79.0 Å². The molecule has 334 valence electrons. The van der Waals surface area contributed by atoms with Crippen molar-refractivity contribution in [3.05, 3.63) is 187 Å². The molecule has 4 heterocycles. The monoisotopic (exact) mass is 879 g/mol. The lowest BCUT2D eigenvalue weighted by atomic mass is 9.86. The Balaban J connectivity index is 1.12. The van der Waals surface area contributed by atoms with E-state index in [0.717, 1.165) is 55.7 Å². The van der Waals surface area contributed by atoms with E-state index in [9.17, 15) is 0 Å². The first-order valence-corrected chi connectivity index (χ1v) is 23.1. The molecule has 3 aromatic heterocycles. The summed E-state index contributed by atoms with van der Waals surface area (Å²) in [4.78, 5) is 25.1. The summed E-state index contributed by atoms with van der Waals surface area (Å²) in [5.41, 5.74) is 10.6. The van der Waals surface area contributed by atoms with Gasteiger partial charge in [-0.15, -0.1) is 0 Å². The molecule has 0 atom stereocenters. The molecule has 0 spiro atoms. The fourth-order valence-corrected chi connectivity index (χ4v) is 8.74. The second kappa shape index (κ2) is 16.7. The van der Waals surface area contributed by atoms with Crippen LogP contribution < -0.4 is 14.5 Å². The van der Waals surface area contributed by atoms with E-state index in [2.05, 4.69) is 210 Å². The molecule has 0 N–H and O–H groups in total. The fraction of sp³-hybridized carbons (Fsp3) is 0.220. The number of ether oxygens (including phenoxy) is 1. The Kier molecular flexibility index (Phi) is 10.8. The van der Waals surface area contributed by atoms with Gasteiger partial charge >= 0.3 is 0 Å². The lowest BCUT2D eigenvalue weighted by Crippen LogP contribution is -2.24. The average molecular weight is 880 g/mol. The molecule has 0 aliphatic carbocycles. The molecule has 8 nitrogen and oxygen atoms in total. The van der Waals surface area contributed by atoms with Crippen LogP contribution in [0.25, 0.3) is 61.8 Å². The number of hydrogen-bond donors (Lipinski definition) is 0. The van der Waals surface area contributed by atoms with Gasteiger partial charge < -0.3 is 14.5 Å². The number of fused-ring (bicyclic) bond motifs is 3. The molecule has 0 bridgehead atoms. The molecular weight excluding hydrogens is 823 g/mol. The van der Waals surface area contributed by atoms with Crippen LogP contribution in [0.4, 0.5) is 11.4 Å². The molecule has 0 fully saturated rings. The summed E-state index contributed by atoms with van der Waals surface area (Å²) in [6.07, 6.45) is 6.08. The predicted octanol–water partition coefficient (Wildman–Crippen LogP) is 14.8. The summed E-state index contributed by atoms with van der Waals surface area (Å²) in [6, 6.07) is 53.0. The van der Waals surface area contributed by atoms with Crippen LogP contribution in [0.15, 0.2) is 170 Å². The van der Waals surface area contributed by atoms with Crippen molar-refractivity contribution in [1.29, 1.82) is 0 Å². The van der Waals surface area contributed by atoms with E-state index in [1.54, 1.807) is 0 Å². The molecule has 0 saturated carbocycles. The minimum atomic E-state index is -0.00102. The van der Waals surface area contributed by atoms with Crippen LogP contribution in [0, 0.1) is 0 Å². The largest absolute Gasteiger partial charge is 0.456 e. The van der Waals surface area contributed by atoms with Crippen molar-refractivity contribution in [2.24, 2.45) is 0 Å². The summed E-state index contributed by atoms with van der Waals surface area (Å²) < 4.78 is 9.32. The number of para-hydroxylation sites is 1. The van der Waals surface area contributed by atoms with Gasteiger partial charge in [-0.25, -0.2) is 19.9 Å². The fourth-order valence-electron chi connectivity index (χ4n) is 8.74. The molecule has 0 saturated heterocycles. The lowest BCUT2D eigenvalue weighted by Gasteiger charge is -2.24. The normalized spacial score (nSPS) is 13.3. The Hall–Kier alpha value is -7.58. The molecule has 1 aliphatic heterocycles. The van der Waals surface area contributed by atoms with Gasteiger partial charge in [0.05, 0.1) is 23.3 Å². The first kappa shape index (κ1) is 43.3. The molecule has 0 radical (unpaired) electrons. The molecular formula is C59H57N7O. The second-order valence-electron chi connectivity index (χ2n) is 20.6. The molecule has 0 unspecified atom stereocenters. The smallest absolute Gasteiger partial charge is 0.167 e. The number of benzene rings is 6. The molecule has 10 rings (SSSR count). The van der Waals surface area contributed by atoms with Gasteiger partial charge in [0.2, 0.25) is 0 Å². The third kappa shape index (κ3) is 8.67. The predicted molar refractivity (Wildman–Crippen MR) is 276 cm³/mol. The second-order valence-corrected chi connectivity index (χ2v) is 20.6. The van der Waals surface area contributed by atoms with Crippen molar-refractivity contribution in [1.82, 2.24) is 24.5 Å². The summed E-state index contributed by atoms with van der Waals surface area (Å²) in [7, 11) is 0. The van der Waals surface area contributed by atoms with Crippen molar-refractivity contribution < 1.29 is 4.74 Å². The molecule has 9 aromatic rings. The Morgan fingerprint density at radius 2 is 1.01 bits per heavy atom. The maximum atomic E-state index is 7.11. The summed E-state index contributed by atoms with van der Waals surface area (Å²) in [6.45, 7) is 20.8. The first-order valence-electron chi connectivity index (χ1n) is 23.1. The number of anilines is 2. The molecule has 0 amide bonds. The van der Waals surface area contributed by atoms with Gasteiger partial charge in [0.15, 0.2) is 17.5 Å². The van der Waals surface area contributed by atoms with Crippen LogP contribution in [0.5, 0.6) is 11.5 Å². The van der Waals surface area contributed by atoms with Gasteiger partial charge in [-0.05, 0) is 81.5 Å². The van der Waals surface area contributed by atoms with E-state index in [1.807, 2.05) is 36.5 Å². The Bertz CT molecular complexity index is 3200. The van der Waals surface area contributed by atoms with Crippen molar-refractivity contribution >= 4 is 33.2 Å². The quantitative estimate of drug-likeness (QED) is 0.151. The summed E-state index contributed by atoms with van der Waals surface area (Å²) in [5, 5.41) is 2.11. The van der Waals surface area contributed by atoms with Gasteiger partial charge in [0.25, 0.3) is 0 Å². The van der Waals surface area contributed by atoms with Crippen LogP contribution in [0.3, 0.4) is 0 Å². The molecule has 67 heavy (non-hydrogen) atoms. The highest BCUT2D eigenvalue weighted by Crippen LogP contribution is 2.42. The highest BCUT2D eigenvalue weighted by atomic mass is 16.5. The van der Waals surface area contributed by atoms with Gasteiger partial charge in [-0.3, -0.25) is 4.57 Å². The maximum absolute atomic E-state index is 7.11. The van der Waals surface area contributed by atoms with Gasteiger partial charge in [-0.2, -0.15) is 0 Å².